The topological polar surface area (TPSA) is 66.4 Å². The minimum absolute atomic E-state index is 0.00262. The minimum Gasteiger partial charge on any atom is -0.480 e. The van der Waals surface area contributed by atoms with E-state index in [1.165, 1.54) is 12.1 Å². The first-order chi connectivity index (χ1) is 10.0. The molecule has 22 heavy (non-hydrogen) atoms. The quantitative estimate of drug-likeness (QED) is 0.862. The van der Waals surface area contributed by atoms with E-state index in [2.05, 4.69) is 0 Å². The highest BCUT2D eigenvalue weighted by atomic mass is 35.5. The van der Waals surface area contributed by atoms with Gasteiger partial charge in [0.1, 0.15) is 6.04 Å². The van der Waals surface area contributed by atoms with Gasteiger partial charge in [-0.25, -0.2) is 4.79 Å². The first kappa shape index (κ1) is 18.3. The molecule has 0 aliphatic carbocycles. The second-order valence-electron chi connectivity index (χ2n) is 5.07. The van der Waals surface area contributed by atoms with Crippen molar-refractivity contribution in [2.45, 2.75) is 38.4 Å². The second kappa shape index (κ2) is 7.00. The SMILES string of the molecule is CC(C)c1ccc(C(=O)NC(CC(F)(F)F)C(=O)O)cc1Cl. The van der Waals surface area contributed by atoms with Gasteiger partial charge in [0.25, 0.3) is 5.91 Å². The third-order valence-electron chi connectivity index (χ3n) is 2.92. The Morgan fingerprint density at radius 1 is 1.32 bits per heavy atom. The van der Waals surface area contributed by atoms with Crippen LogP contribution in [0.5, 0.6) is 0 Å². The summed E-state index contributed by atoms with van der Waals surface area (Å²) in [6.45, 7) is 3.79. The number of aliphatic carboxylic acids is 1. The molecule has 0 radical (unpaired) electrons. The molecule has 2 N–H and O–H groups in total. The normalized spacial score (nSPS) is 13.0. The monoisotopic (exact) mass is 337 g/mol. The van der Waals surface area contributed by atoms with Gasteiger partial charge < -0.3 is 10.4 Å². The Kier molecular flexibility index (Phi) is 5.82. The zero-order valence-corrected chi connectivity index (χ0v) is 12.6. The number of carboxylic acid groups (broad SMARTS) is 1. The number of carbonyl (C=O) groups is 2. The molecule has 1 unspecified atom stereocenters. The summed E-state index contributed by atoms with van der Waals surface area (Å²) in [6, 6.07) is 2.24. The van der Waals surface area contributed by atoms with Crippen molar-refractivity contribution in [1.82, 2.24) is 5.32 Å². The number of nitrogens with one attached hydrogen (secondary N) is 1. The van der Waals surface area contributed by atoms with Crippen LogP contribution < -0.4 is 5.32 Å². The molecule has 0 aliphatic rings. The van der Waals surface area contributed by atoms with Crippen LogP contribution >= 0.6 is 11.6 Å². The van der Waals surface area contributed by atoms with Gasteiger partial charge in [-0.05, 0) is 23.6 Å². The van der Waals surface area contributed by atoms with E-state index in [0.717, 1.165) is 5.56 Å². The number of benzene rings is 1. The van der Waals surface area contributed by atoms with Crippen molar-refractivity contribution >= 4 is 23.5 Å². The van der Waals surface area contributed by atoms with Crippen molar-refractivity contribution in [3.8, 4) is 0 Å². The maximum Gasteiger partial charge on any atom is 0.391 e. The number of alkyl halides is 3. The minimum atomic E-state index is -4.70. The number of hydrogen-bond acceptors (Lipinski definition) is 2. The number of amides is 1. The van der Waals surface area contributed by atoms with Gasteiger partial charge in [0.15, 0.2) is 0 Å². The number of hydrogen-bond donors (Lipinski definition) is 2. The Hall–Kier alpha value is -1.76. The molecule has 0 saturated heterocycles. The van der Waals surface area contributed by atoms with Crippen molar-refractivity contribution < 1.29 is 27.9 Å². The van der Waals surface area contributed by atoms with Gasteiger partial charge in [0.05, 0.1) is 6.42 Å². The molecule has 1 aromatic rings. The van der Waals surface area contributed by atoms with Gasteiger partial charge in [0.2, 0.25) is 0 Å². The first-order valence-corrected chi connectivity index (χ1v) is 6.79. The van der Waals surface area contributed by atoms with Crippen LogP contribution in [-0.2, 0) is 4.79 Å². The Morgan fingerprint density at radius 2 is 1.91 bits per heavy atom. The summed E-state index contributed by atoms with van der Waals surface area (Å²) < 4.78 is 36.9. The van der Waals surface area contributed by atoms with Crippen LogP contribution in [0, 0.1) is 0 Å². The van der Waals surface area contributed by atoms with E-state index >= 15 is 0 Å². The second-order valence-corrected chi connectivity index (χ2v) is 5.48. The van der Waals surface area contributed by atoms with Crippen LogP contribution in [0.25, 0.3) is 0 Å². The van der Waals surface area contributed by atoms with Crippen LogP contribution in [0.1, 0.15) is 42.1 Å². The molecular formula is C14H15ClF3NO3. The predicted octanol–water partition coefficient (Wildman–Crippen LogP) is 3.60. The highest BCUT2D eigenvalue weighted by molar-refractivity contribution is 6.31. The third-order valence-corrected chi connectivity index (χ3v) is 3.25. The standard InChI is InChI=1S/C14H15ClF3NO3/c1-7(2)9-4-3-8(5-10(9)15)12(20)19-11(13(21)22)6-14(16,17)18/h3-5,7,11H,6H2,1-2H3,(H,19,20)(H,21,22). The molecular weight excluding hydrogens is 323 g/mol. The summed E-state index contributed by atoms with van der Waals surface area (Å²) in [5.41, 5.74) is 0.783. The van der Waals surface area contributed by atoms with E-state index < -0.39 is 30.5 Å². The molecule has 4 nitrogen and oxygen atoms in total. The van der Waals surface area contributed by atoms with Crippen molar-refractivity contribution in [1.29, 1.82) is 0 Å². The molecule has 0 bridgehead atoms. The van der Waals surface area contributed by atoms with Crippen molar-refractivity contribution in [2.75, 3.05) is 0 Å². The van der Waals surface area contributed by atoms with Crippen LogP contribution in [-0.4, -0.2) is 29.2 Å². The molecule has 122 valence electrons. The maximum absolute atomic E-state index is 12.3. The Morgan fingerprint density at radius 3 is 2.32 bits per heavy atom. The van der Waals surface area contributed by atoms with E-state index in [9.17, 15) is 22.8 Å². The molecule has 0 aromatic heterocycles. The van der Waals surface area contributed by atoms with E-state index in [0.29, 0.717) is 5.02 Å². The number of rotatable bonds is 5. The average Bonchev–Trinajstić information content (AvgIpc) is 2.35. The average molecular weight is 338 g/mol. The summed E-state index contributed by atoms with van der Waals surface area (Å²) in [7, 11) is 0. The van der Waals surface area contributed by atoms with Crippen LogP contribution in [0.3, 0.4) is 0 Å². The van der Waals surface area contributed by atoms with Crippen molar-refractivity contribution in [2.24, 2.45) is 0 Å². The Labute approximate surface area is 130 Å². The molecule has 1 rings (SSSR count). The predicted molar refractivity (Wildman–Crippen MR) is 75.1 cm³/mol. The lowest BCUT2D eigenvalue weighted by atomic mass is 10.0. The summed E-state index contributed by atoms with van der Waals surface area (Å²) in [4.78, 5) is 22.7. The lowest BCUT2D eigenvalue weighted by molar-refractivity contribution is -0.157. The Bertz CT molecular complexity index is 573. The molecule has 1 amide bonds. The van der Waals surface area contributed by atoms with Gasteiger partial charge in [-0.2, -0.15) is 13.2 Å². The molecule has 1 atom stereocenters. The van der Waals surface area contributed by atoms with E-state index in [-0.39, 0.29) is 11.5 Å². The van der Waals surface area contributed by atoms with E-state index in [1.807, 2.05) is 19.2 Å². The molecule has 1 aromatic carbocycles. The molecule has 0 saturated carbocycles. The van der Waals surface area contributed by atoms with Gasteiger partial charge >= 0.3 is 12.1 Å². The smallest absolute Gasteiger partial charge is 0.391 e. The van der Waals surface area contributed by atoms with E-state index in [4.69, 9.17) is 16.7 Å². The van der Waals surface area contributed by atoms with Crippen molar-refractivity contribution in [3.05, 3.63) is 34.3 Å². The summed E-state index contributed by atoms with van der Waals surface area (Å²) in [6.07, 6.45) is -6.35. The highest BCUT2D eigenvalue weighted by Gasteiger charge is 2.36. The number of carboxylic acids is 1. The fourth-order valence-corrected chi connectivity index (χ4v) is 2.21. The molecule has 0 fully saturated rings. The first-order valence-electron chi connectivity index (χ1n) is 6.41. The fourth-order valence-electron chi connectivity index (χ4n) is 1.81. The fraction of sp³-hybridized carbons (Fsp3) is 0.429. The lowest BCUT2D eigenvalue weighted by Crippen LogP contribution is -2.43. The molecule has 0 heterocycles. The van der Waals surface area contributed by atoms with Crippen LogP contribution in [0.4, 0.5) is 13.2 Å². The Balaban J connectivity index is 2.91. The van der Waals surface area contributed by atoms with Gasteiger partial charge in [-0.3, -0.25) is 4.79 Å². The largest absolute Gasteiger partial charge is 0.480 e. The third kappa shape index (κ3) is 5.22. The van der Waals surface area contributed by atoms with Crippen molar-refractivity contribution in [3.63, 3.8) is 0 Å². The molecule has 0 spiro atoms. The summed E-state index contributed by atoms with van der Waals surface area (Å²) in [5, 5.41) is 10.9. The maximum atomic E-state index is 12.3. The van der Waals surface area contributed by atoms with Gasteiger partial charge in [0, 0.05) is 10.6 Å². The highest BCUT2D eigenvalue weighted by Crippen LogP contribution is 2.25. The number of carbonyl (C=O) groups excluding carboxylic acids is 1. The van der Waals surface area contributed by atoms with Gasteiger partial charge in [-0.1, -0.05) is 31.5 Å². The number of halogens is 4. The molecule has 0 aliphatic heterocycles. The molecule has 8 heteroatoms. The van der Waals surface area contributed by atoms with Crippen LogP contribution in [0.15, 0.2) is 18.2 Å². The summed E-state index contributed by atoms with van der Waals surface area (Å²) >= 11 is 6.00. The lowest BCUT2D eigenvalue weighted by Gasteiger charge is -2.17. The van der Waals surface area contributed by atoms with Gasteiger partial charge in [-0.15, -0.1) is 0 Å². The van der Waals surface area contributed by atoms with E-state index in [1.54, 1.807) is 6.07 Å². The summed E-state index contributed by atoms with van der Waals surface area (Å²) in [5.74, 6) is -2.56. The van der Waals surface area contributed by atoms with Crippen LogP contribution in [0.2, 0.25) is 5.02 Å². The zero-order chi connectivity index (χ0) is 17.1. The zero-order valence-electron chi connectivity index (χ0n) is 11.9.